The van der Waals surface area contributed by atoms with Crippen LogP contribution in [0.3, 0.4) is 0 Å². The number of piperidine rings is 1. The number of rotatable bonds is 7. The van der Waals surface area contributed by atoms with Gasteiger partial charge in [0.1, 0.15) is 11.6 Å². The van der Waals surface area contributed by atoms with Gasteiger partial charge >= 0.3 is 0 Å². The largest absolute Gasteiger partial charge is 0.497 e. The van der Waals surface area contributed by atoms with E-state index in [0.29, 0.717) is 19.5 Å². The highest BCUT2D eigenvalue weighted by Gasteiger charge is 2.27. The van der Waals surface area contributed by atoms with Gasteiger partial charge in [0.25, 0.3) is 0 Å². The molecule has 1 atom stereocenters. The molecule has 1 saturated heterocycles. The molecule has 8 heteroatoms. The molecule has 0 radical (unpaired) electrons. The lowest BCUT2D eigenvalue weighted by atomic mass is 9.97. The van der Waals surface area contributed by atoms with E-state index in [-0.39, 0.29) is 11.8 Å². The van der Waals surface area contributed by atoms with Crippen molar-refractivity contribution in [2.24, 2.45) is 5.92 Å². The third-order valence-electron chi connectivity index (χ3n) is 5.21. The van der Waals surface area contributed by atoms with Crippen molar-refractivity contribution in [2.75, 3.05) is 25.1 Å². The van der Waals surface area contributed by atoms with Crippen LogP contribution in [0.1, 0.15) is 29.8 Å². The fourth-order valence-electron chi connectivity index (χ4n) is 3.61. The molecule has 0 bridgehead atoms. The number of anilines is 1. The molecule has 0 saturated carbocycles. The molecule has 1 aromatic carbocycles. The average molecular weight is 424 g/mol. The van der Waals surface area contributed by atoms with Crippen LogP contribution in [0.4, 0.5) is 5.13 Å². The van der Waals surface area contributed by atoms with Crippen LogP contribution in [0.25, 0.3) is 0 Å². The van der Waals surface area contributed by atoms with Crippen LogP contribution < -0.4 is 15.0 Å². The monoisotopic (exact) mass is 423 g/mol. The van der Waals surface area contributed by atoms with Gasteiger partial charge in [-0.1, -0.05) is 18.2 Å². The first-order valence-corrected chi connectivity index (χ1v) is 10.9. The number of pyridine rings is 1. The maximum atomic E-state index is 12.7. The maximum Gasteiger partial charge on any atom is 0.225 e. The van der Waals surface area contributed by atoms with E-state index in [9.17, 15) is 4.79 Å². The van der Waals surface area contributed by atoms with Crippen LogP contribution >= 0.6 is 11.5 Å². The molecule has 156 valence electrons. The lowest BCUT2D eigenvalue weighted by molar-refractivity contribution is -0.125. The number of hydrogen-bond donors (Lipinski definition) is 1. The lowest BCUT2D eigenvalue weighted by Gasteiger charge is -2.31. The Morgan fingerprint density at radius 1 is 1.30 bits per heavy atom. The molecule has 4 rings (SSSR count). The van der Waals surface area contributed by atoms with E-state index in [2.05, 4.69) is 19.6 Å². The Morgan fingerprint density at radius 3 is 3.03 bits per heavy atom. The van der Waals surface area contributed by atoms with Crippen molar-refractivity contribution in [2.45, 2.75) is 25.8 Å². The van der Waals surface area contributed by atoms with E-state index in [0.717, 1.165) is 47.2 Å². The van der Waals surface area contributed by atoms with Gasteiger partial charge in [-0.25, -0.2) is 4.98 Å². The smallest absolute Gasteiger partial charge is 0.225 e. The second-order valence-electron chi connectivity index (χ2n) is 7.39. The summed E-state index contributed by atoms with van der Waals surface area (Å²) in [6, 6.07) is 11.8. The van der Waals surface area contributed by atoms with E-state index >= 15 is 0 Å². The summed E-state index contributed by atoms with van der Waals surface area (Å²) < 4.78 is 9.82. The number of nitrogens with one attached hydrogen (secondary N) is 1. The van der Waals surface area contributed by atoms with Crippen LogP contribution in [-0.2, 0) is 17.8 Å². The molecule has 0 spiro atoms. The number of nitrogens with zero attached hydrogens (tertiary/aromatic N) is 4. The Kier molecular flexibility index (Phi) is 6.53. The first-order valence-electron chi connectivity index (χ1n) is 10.1. The van der Waals surface area contributed by atoms with Gasteiger partial charge in [-0.2, -0.15) is 4.37 Å². The Hall–Kier alpha value is -3.00. The van der Waals surface area contributed by atoms with Crippen molar-refractivity contribution in [3.63, 3.8) is 0 Å². The topological polar surface area (TPSA) is 80.2 Å². The van der Waals surface area contributed by atoms with Gasteiger partial charge < -0.3 is 15.0 Å². The van der Waals surface area contributed by atoms with Gasteiger partial charge in [-0.15, -0.1) is 0 Å². The van der Waals surface area contributed by atoms with Gasteiger partial charge in [-0.05, 0) is 42.2 Å². The summed E-state index contributed by atoms with van der Waals surface area (Å²) in [5.74, 6) is 1.68. The maximum absolute atomic E-state index is 12.7. The summed E-state index contributed by atoms with van der Waals surface area (Å²) in [5, 5.41) is 3.93. The number of aromatic nitrogens is 3. The van der Waals surface area contributed by atoms with E-state index in [1.807, 2.05) is 36.4 Å². The van der Waals surface area contributed by atoms with Gasteiger partial charge in [0.2, 0.25) is 11.0 Å². The third kappa shape index (κ3) is 5.13. The van der Waals surface area contributed by atoms with Crippen LogP contribution in [0.2, 0.25) is 0 Å². The van der Waals surface area contributed by atoms with Crippen LogP contribution in [-0.4, -0.2) is 40.4 Å². The van der Waals surface area contributed by atoms with E-state index < -0.39 is 0 Å². The number of hydrogen-bond acceptors (Lipinski definition) is 7. The van der Waals surface area contributed by atoms with Gasteiger partial charge in [0.15, 0.2) is 0 Å². The number of amides is 1. The number of benzene rings is 1. The van der Waals surface area contributed by atoms with E-state index in [1.165, 1.54) is 11.5 Å². The summed E-state index contributed by atoms with van der Waals surface area (Å²) in [6.45, 7) is 2.08. The van der Waals surface area contributed by atoms with Crippen LogP contribution in [0, 0.1) is 5.92 Å². The Morgan fingerprint density at radius 2 is 2.20 bits per heavy atom. The van der Waals surface area contributed by atoms with Crippen LogP contribution in [0.5, 0.6) is 5.75 Å². The van der Waals surface area contributed by atoms with E-state index in [4.69, 9.17) is 9.72 Å². The molecule has 0 aliphatic carbocycles. The quantitative estimate of drug-likeness (QED) is 0.629. The van der Waals surface area contributed by atoms with Gasteiger partial charge in [-0.3, -0.25) is 9.78 Å². The molecule has 3 heterocycles. The van der Waals surface area contributed by atoms with Crippen LogP contribution in [0.15, 0.2) is 48.8 Å². The minimum absolute atomic E-state index is 0.0406. The average Bonchev–Trinajstić information content (AvgIpc) is 3.27. The Balaban J connectivity index is 1.34. The third-order valence-corrected chi connectivity index (χ3v) is 6.02. The van der Waals surface area contributed by atoms with Crippen molar-refractivity contribution in [1.82, 2.24) is 19.7 Å². The fraction of sp³-hybridized carbons (Fsp3) is 0.364. The number of carbonyl (C=O) groups excluding carboxylic acids is 1. The Labute approximate surface area is 180 Å². The molecular formula is C22H25N5O2S. The summed E-state index contributed by atoms with van der Waals surface area (Å²) in [6.07, 6.45) is 6.03. The standard InChI is InChI=1S/C22H25N5O2S/c1-29-19-8-2-5-16(11-19)12-20-25-22(30-26-20)27-10-4-7-18(15-27)21(28)24-14-17-6-3-9-23-13-17/h2-3,5-6,8-9,11,13,18H,4,7,10,12,14-15H2,1H3,(H,24,28)/t18-/m0/s1. The molecule has 1 aliphatic rings. The molecule has 1 N–H and O–H groups in total. The van der Waals surface area contributed by atoms with E-state index in [1.54, 1.807) is 19.5 Å². The molecule has 1 fully saturated rings. The fourth-order valence-corrected chi connectivity index (χ4v) is 4.33. The lowest BCUT2D eigenvalue weighted by Crippen LogP contribution is -2.43. The van der Waals surface area contributed by atoms with Crippen molar-refractivity contribution >= 4 is 22.6 Å². The number of ether oxygens (including phenoxy) is 1. The summed E-state index contributed by atoms with van der Waals surface area (Å²) in [5.41, 5.74) is 2.12. The predicted molar refractivity (Wildman–Crippen MR) is 117 cm³/mol. The van der Waals surface area contributed by atoms with Crippen molar-refractivity contribution in [3.8, 4) is 5.75 Å². The highest BCUT2D eigenvalue weighted by molar-refractivity contribution is 7.09. The molecule has 1 amide bonds. The second-order valence-corrected chi connectivity index (χ2v) is 8.12. The minimum Gasteiger partial charge on any atom is -0.497 e. The van der Waals surface area contributed by atoms with Gasteiger partial charge in [0, 0.05) is 50.0 Å². The summed E-state index contributed by atoms with van der Waals surface area (Å²) >= 11 is 1.40. The molecule has 1 aliphatic heterocycles. The Bertz CT molecular complexity index is 978. The zero-order valence-corrected chi connectivity index (χ0v) is 17.8. The molecule has 2 aromatic heterocycles. The zero-order valence-electron chi connectivity index (χ0n) is 17.0. The highest BCUT2D eigenvalue weighted by atomic mass is 32.1. The number of carbonyl (C=O) groups is 1. The SMILES string of the molecule is COc1cccc(Cc2nsc(N3CCC[C@H](C(=O)NCc4cccnc4)C3)n2)c1. The summed E-state index contributed by atoms with van der Waals surface area (Å²) in [7, 11) is 1.66. The minimum atomic E-state index is -0.0406. The summed E-state index contributed by atoms with van der Waals surface area (Å²) in [4.78, 5) is 23.7. The molecule has 3 aromatic rings. The zero-order chi connectivity index (χ0) is 20.8. The van der Waals surface area contributed by atoms with Gasteiger partial charge in [0.05, 0.1) is 13.0 Å². The number of methoxy groups -OCH3 is 1. The molecule has 0 unspecified atom stereocenters. The second kappa shape index (κ2) is 9.67. The first-order chi connectivity index (χ1) is 14.7. The first kappa shape index (κ1) is 20.3. The van der Waals surface area contributed by atoms with Crippen molar-refractivity contribution in [3.05, 3.63) is 65.7 Å². The molecular weight excluding hydrogens is 398 g/mol. The van der Waals surface area contributed by atoms with Crippen molar-refractivity contribution < 1.29 is 9.53 Å². The molecule has 7 nitrogen and oxygen atoms in total. The normalized spacial score (nSPS) is 16.3. The predicted octanol–water partition coefficient (Wildman–Crippen LogP) is 3.07. The van der Waals surface area contributed by atoms with Crippen molar-refractivity contribution in [1.29, 1.82) is 0 Å². The highest BCUT2D eigenvalue weighted by Crippen LogP contribution is 2.26. The molecule has 30 heavy (non-hydrogen) atoms.